The van der Waals surface area contributed by atoms with E-state index in [0.717, 1.165) is 16.0 Å². The van der Waals surface area contributed by atoms with Crippen molar-refractivity contribution in [2.45, 2.75) is 20.3 Å². The number of thiophene rings is 1. The van der Waals surface area contributed by atoms with Crippen LogP contribution in [0.15, 0.2) is 49.1 Å². The van der Waals surface area contributed by atoms with Gasteiger partial charge in [-0.1, -0.05) is 6.92 Å². The molecule has 9 nitrogen and oxygen atoms in total. The molecule has 0 radical (unpaired) electrons. The SMILES string of the molecule is CCC(=O)Nc1cncc(-c2cnc3n[nH]c(-c4nc5nccc(-c6ccc(C)s6)c5[nH]4)c3c2F)c1. The number of nitrogens with zero attached hydrogens (tertiary/aromatic N) is 5. The van der Waals surface area contributed by atoms with E-state index in [0.29, 0.717) is 34.8 Å². The highest BCUT2D eigenvalue weighted by atomic mass is 32.1. The minimum absolute atomic E-state index is 0.157. The number of aryl methyl sites for hydroxylation is 1. The molecule has 6 aromatic heterocycles. The van der Waals surface area contributed by atoms with E-state index in [1.807, 2.05) is 6.07 Å². The number of halogens is 1. The summed E-state index contributed by atoms with van der Waals surface area (Å²) in [6.07, 6.45) is 6.47. The molecule has 0 unspecified atom stereocenters. The van der Waals surface area contributed by atoms with Gasteiger partial charge in [0, 0.05) is 51.5 Å². The van der Waals surface area contributed by atoms with Crippen LogP contribution in [0.4, 0.5) is 10.1 Å². The third kappa shape index (κ3) is 3.69. The van der Waals surface area contributed by atoms with Gasteiger partial charge < -0.3 is 10.3 Å². The molecule has 0 fully saturated rings. The maximum Gasteiger partial charge on any atom is 0.224 e. The van der Waals surface area contributed by atoms with Gasteiger partial charge in [-0.15, -0.1) is 11.3 Å². The fourth-order valence-corrected chi connectivity index (χ4v) is 4.94. The molecular formula is C25H19FN8OS. The molecule has 0 aliphatic rings. The van der Waals surface area contributed by atoms with Gasteiger partial charge in [-0.2, -0.15) is 5.10 Å². The van der Waals surface area contributed by atoms with Crippen molar-refractivity contribution in [1.29, 1.82) is 0 Å². The summed E-state index contributed by atoms with van der Waals surface area (Å²) in [4.78, 5) is 34.8. The molecule has 0 bridgehead atoms. The van der Waals surface area contributed by atoms with Crippen LogP contribution < -0.4 is 5.32 Å². The zero-order valence-corrected chi connectivity index (χ0v) is 20.1. The summed E-state index contributed by atoms with van der Waals surface area (Å²) in [5.41, 5.74) is 4.01. The fourth-order valence-electron chi connectivity index (χ4n) is 4.04. The number of rotatable bonds is 5. The third-order valence-corrected chi connectivity index (χ3v) is 6.84. The topological polar surface area (TPSA) is 125 Å². The van der Waals surface area contributed by atoms with E-state index in [-0.39, 0.29) is 22.5 Å². The van der Waals surface area contributed by atoms with E-state index in [1.165, 1.54) is 23.5 Å². The summed E-state index contributed by atoms with van der Waals surface area (Å²) in [5.74, 6) is -0.275. The second-order valence-electron chi connectivity index (χ2n) is 8.20. The molecule has 6 rings (SSSR count). The van der Waals surface area contributed by atoms with Crippen molar-refractivity contribution in [3.8, 4) is 33.1 Å². The summed E-state index contributed by atoms with van der Waals surface area (Å²) in [6, 6.07) is 7.71. The normalized spacial score (nSPS) is 11.4. The number of carbonyl (C=O) groups excluding carboxylic acids is 1. The van der Waals surface area contributed by atoms with Gasteiger partial charge in [0.15, 0.2) is 17.1 Å². The largest absolute Gasteiger partial charge is 0.335 e. The lowest BCUT2D eigenvalue weighted by Gasteiger charge is -2.07. The van der Waals surface area contributed by atoms with Gasteiger partial charge in [-0.05, 0) is 31.2 Å². The second kappa shape index (κ2) is 8.61. The lowest BCUT2D eigenvalue weighted by atomic mass is 10.1. The van der Waals surface area contributed by atoms with Crippen molar-refractivity contribution in [2.75, 3.05) is 5.32 Å². The van der Waals surface area contributed by atoms with Crippen molar-refractivity contribution in [2.24, 2.45) is 0 Å². The first-order valence-electron chi connectivity index (χ1n) is 11.2. The molecular weight excluding hydrogens is 479 g/mol. The van der Waals surface area contributed by atoms with E-state index in [4.69, 9.17) is 0 Å². The Kier molecular flexibility index (Phi) is 5.26. The third-order valence-electron chi connectivity index (χ3n) is 5.81. The van der Waals surface area contributed by atoms with Crippen LogP contribution in [0.2, 0.25) is 0 Å². The zero-order chi connectivity index (χ0) is 24.8. The molecule has 0 aliphatic heterocycles. The number of amides is 1. The minimum Gasteiger partial charge on any atom is -0.335 e. The maximum atomic E-state index is 15.9. The highest BCUT2D eigenvalue weighted by molar-refractivity contribution is 7.15. The van der Waals surface area contributed by atoms with Gasteiger partial charge in [0.05, 0.1) is 22.8 Å². The van der Waals surface area contributed by atoms with Crippen molar-refractivity contribution < 1.29 is 9.18 Å². The fraction of sp³-hybridized carbons (Fsp3) is 0.120. The first-order valence-corrected chi connectivity index (χ1v) is 12.0. The number of carbonyl (C=O) groups is 1. The number of aromatic nitrogens is 7. The monoisotopic (exact) mass is 498 g/mol. The maximum absolute atomic E-state index is 15.9. The number of H-pyrrole nitrogens is 2. The molecule has 178 valence electrons. The molecule has 0 spiro atoms. The summed E-state index contributed by atoms with van der Waals surface area (Å²) in [5, 5.41) is 10.00. The quantitative estimate of drug-likeness (QED) is 0.289. The molecule has 0 aliphatic carbocycles. The van der Waals surface area contributed by atoms with Crippen molar-refractivity contribution in [3.63, 3.8) is 0 Å². The van der Waals surface area contributed by atoms with Crippen molar-refractivity contribution >= 4 is 45.1 Å². The molecule has 6 aromatic rings. The Hall–Kier alpha value is -4.51. The number of hydrogen-bond donors (Lipinski definition) is 3. The molecule has 0 saturated carbocycles. The highest BCUT2D eigenvalue weighted by Gasteiger charge is 2.21. The average molecular weight is 499 g/mol. The smallest absolute Gasteiger partial charge is 0.224 e. The highest BCUT2D eigenvalue weighted by Crippen LogP contribution is 2.36. The predicted molar refractivity (Wildman–Crippen MR) is 137 cm³/mol. The lowest BCUT2D eigenvalue weighted by molar-refractivity contribution is -0.115. The second-order valence-corrected chi connectivity index (χ2v) is 9.49. The van der Waals surface area contributed by atoms with Crippen molar-refractivity contribution in [1.82, 2.24) is 35.1 Å². The number of anilines is 1. The van der Waals surface area contributed by atoms with Crippen LogP contribution in [0.5, 0.6) is 0 Å². The molecule has 11 heteroatoms. The van der Waals surface area contributed by atoms with Crippen molar-refractivity contribution in [3.05, 3.63) is 59.7 Å². The molecule has 0 aromatic carbocycles. The summed E-state index contributed by atoms with van der Waals surface area (Å²) in [7, 11) is 0. The Morgan fingerprint density at radius 3 is 2.81 bits per heavy atom. The first-order chi connectivity index (χ1) is 17.5. The summed E-state index contributed by atoms with van der Waals surface area (Å²) < 4.78 is 15.9. The van der Waals surface area contributed by atoms with Crippen LogP contribution in [0.1, 0.15) is 18.2 Å². The van der Waals surface area contributed by atoms with Gasteiger partial charge in [0.25, 0.3) is 0 Å². The number of aromatic amines is 2. The van der Waals surface area contributed by atoms with E-state index < -0.39 is 5.82 Å². The van der Waals surface area contributed by atoms with E-state index in [1.54, 1.807) is 30.5 Å². The molecule has 6 heterocycles. The number of imidazole rings is 1. The van der Waals surface area contributed by atoms with Gasteiger partial charge >= 0.3 is 0 Å². The van der Waals surface area contributed by atoms with E-state index in [9.17, 15) is 4.79 Å². The Morgan fingerprint density at radius 1 is 1.11 bits per heavy atom. The Balaban J connectivity index is 1.47. The zero-order valence-electron chi connectivity index (χ0n) is 19.3. The Morgan fingerprint density at radius 2 is 2.00 bits per heavy atom. The molecule has 36 heavy (non-hydrogen) atoms. The van der Waals surface area contributed by atoms with Gasteiger partial charge in [0.2, 0.25) is 5.91 Å². The van der Waals surface area contributed by atoms with Crippen LogP contribution in [0.25, 0.3) is 55.3 Å². The van der Waals surface area contributed by atoms with Crippen LogP contribution in [0.3, 0.4) is 0 Å². The van der Waals surface area contributed by atoms with E-state index >= 15 is 4.39 Å². The first kappa shape index (κ1) is 22.0. The minimum atomic E-state index is -0.521. The van der Waals surface area contributed by atoms with Crippen LogP contribution in [-0.4, -0.2) is 41.0 Å². The molecule has 1 amide bonds. The number of fused-ring (bicyclic) bond motifs is 2. The van der Waals surface area contributed by atoms with Gasteiger partial charge in [-0.25, -0.2) is 19.3 Å². The average Bonchev–Trinajstić information content (AvgIpc) is 3.62. The number of hydrogen-bond acceptors (Lipinski definition) is 7. The standard InChI is InChI=1S/C25H19FN8OS/c1-3-18(35)30-14-8-13(9-27-10-14)16-11-29-23-19(20(16)26)22(33-34-23)25-31-21-15(6-7-28-24(21)32-25)17-5-4-12(2)36-17/h4-11H,3H2,1-2H3,(H,30,35)(H,28,31,32)(H,29,33,34). The number of nitrogens with one attached hydrogen (secondary N) is 3. The van der Waals surface area contributed by atoms with Crippen LogP contribution in [0, 0.1) is 12.7 Å². The van der Waals surface area contributed by atoms with Crippen LogP contribution in [-0.2, 0) is 4.79 Å². The lowest BCUT2D eigenvalue weighted by Crippen LogP contribution is -2.09. The van der Waals surface area contributed by atoms with Gasteiger partial charge in [0.1, 0.15) is 11.5 Å². The molecule has 0 saturated heterocycles. The summed E-state index contributed by atoms with van der Waals surface area (Å²) >= 11 is 1.68. The van der Waals surface area contributed by atoms with E-state index in [2.05, 4.69) is 59.5 Å². The predicted octanol–water partition coefficient (Wildman–Crippen LogP) is 5.48. The van der Waals surface area contributed by atoms with Gasteiger partial charge in [-0.3, -0.25) is 14.9 Å². The number of pyridine rings is 3. The molecule has 3 N–H and O–H groups in total. The molecule has 0 atom stereocenters. The summed E-state index contributed by atoms with van der Waals surface area (Å²) in [6.45, 7) is 3.81. The Labute approximate surface area is 207 Å². The van der Waals surface area contributed by atoms with Crippen LogP contribution >= 0.6 is 11.3 Å². The Bertz CT molecular complexity index is 1770.